The molecule has 2 aromatic heterocycles. The van der Waals surface area contributed by atoms with Crippen LogP contribution in [-0.4, -0.2) is 69.2 Å². The molecule has 41 heavy (non-hydrogen) atoms. The van der Waals surface area contributed by atoms with Crippen LogP contribution in [0.1, 0.15) is 81.6 Å². The van der Waals surface area contributed by atoms with E-state index in [2.05, 4.69) is 16.1 Å². The first-order valence-electron chi connectivity index (χ1n) is 14.9. The van der Waals surface area contributed by atoms with Crippen LogP contribution in [0.25, 0.3) is 16.6 Å². The summed E-state index contributed by atoms with van der Waals surface area (Å²) in [4.78, 5) is 33.4. The lowest BCUT2D eigenvalue weighted by molar-refractivity contribution is 0.0638. The van der Waals surface area contributed by atoms with E-state index in [1.807, 2.05) is 44.5 Å². The number of nitrogens with two attached hydrogens (primary N) is 1. The molecule has 0 radical (unpaired) electrons. The van der Waals surface area contributed by atoms with Gasteiger partial charge in [0.15, 0.2) is 0 Å². The van der Waals surface area contributed by atoms with E-state index in [1.54, 1.807) is 17.2 Å². The highest BCUT2D eigenvalue weighted by Gasteiger charge is 2.32. The minimum atomic E-state index is -0.674. The van der Waals surface area contributed by atoms with Crippen LogP contribution in [0, 0.1) is 11.7 Å². The molecule has 3 aromatic rings. The molecule has 2 amide bonds. The summed E-state index contributed by atoms with van der Waals surface area (Å²) in [5, 5.41) is 1.12. The maximum Gasteiger partial charge on any atom is 0.404 e. The highest BCUT2D eigenvalue weighted by Crippen LogP contribution is 2.37. The van der Waals surface area contributed by atoms with Crippen molar-refractivity contribution in [3.8, 4) is 5.69 Å². The van der Waals surface area contributed by atoms with Crippen LogP contribution >= 0.6 is 0 Å². The Kier molecular flexibility index (Phi) is 8.63. The van der Waals surface area contributed by atoms with Gasteiger partial charge in [0.25, 0.3) is 5.91 Å². The van der Waals surface area contributed by atoms with Crippen molar-refractivity contribution in [1.82, 2.24) is 19.4 Å². The Hall–Kier alpha value is -3.46. The van der Waals surface area contributed by atoms with E-state index in [9.17, 15) is 14.0 Å². The van der Waals surface area contributed by atoms with Gasteiger partial charge in [-0.3, -0.25) is 9.78 Å². The molecule has 2 aliphatic rings. The Bertz CT molecular complexity index is 1380. The number of rotatable bonds is 9. The molecule has 0 bridgehead atoms. The predicted octanol–water partition coefficient (Wildman–Crippen LogP) is 5.87. The van der Waals surface area contributed by atoms with Crippen molar-refractivity contribution in [1.29, 1.82) is 0 Å². The monoisotopic (exact) mass is 563 g/mol. The summed E-state index contributed by atoms with van der Waals surface area (Å²) in [6, 6.07) is 6.48. The van der Waals surface area contributed by atoms with E-state index in [0.29, 0.717) is 23.1 Å². The van der Waals surface area contributed by atoms with Gasteiger partial charge in [0.05, 0.1) is 23.0 Å². The number of halogens is 1. The number of nitrogens with zero attached hydrogens (tertiary/aromatic N) is 4. The standard InChI is InChI=1S/C32H42FN5O3/c1-20(2)38(21(3)4)31(39)27-15-24(33)7-10-29(27)37-19-28(26-11-13-35-16-30(26)37)23-17-36(18-23)14-12-22-5-8-25(9-6-22)41-32(34)40/h7,10-11,13,15-16,19-23,25H,5-6,8-9,12,14,17-18H2,1-4H3,(H2,34,40). The number of carbonyl (C=O) groups is 2. The summed E-state index contributed by atoms with van der Waals surface area (Å²) in [7, 11) is 0. The fourth-order valence-corrected chi connectivity index (χ4v) is 6.74. The number of carbonyl (C=O) groups excluding carboxylic acids is 2. The lowest BCUT2D eigenvalue weighted by Gasteiger charge is -2.40. The maximum atomic E-state index is 14.5. The first-order chi connectivity index (χ1) is 19.6. The molecule has 1 aromatic carbocycles. The quantitative estimate of drug-likeness (QED) is 0.352. The minimum absolute atomic E-state index is 0.0169. The predicted molar refractivity (Wildman–Crippen MR) is 158 cm³/mol. The second-order valence-corrected chi connectivity index (χ2v) is 12.2. The number of hydrogen-bond donors (Lipinski definition) is 1. The summed E-state index contributed by atoms with van der Waals surface area (Å²) in [6.07, 6.45) is 10.1. The van der Waals surface area contributed by atoms with Crippen molar-refractivity contribution in [2.75, 3.05) is 19.6 Å². The van der Waals surface area contributed by atoms with Crippen LogP contribution in [0.2, 0.25) is 0 Å². The first kappa shape index (κ1) is 29.0. The molecule has 3 heterocycles. The van der Waals surface area contributed by atoms with Gasteiger partial charge in [-0.1, -0.05) is 0 Å². The number of benzene rings is 1. The zero-order valence-corrected chi connectivity index (χ0v) is 24.6. The average molecular weight is 564 g/mol. The van der Waals surface area contributed by atoms with Crippen LogP contribution < -0.4 is 5.73 Å². The van der Waals surface area contributed by atoms with E-state index in [-0.39, 0.29) is 24.1 Å². The van der Waals surface area contributed by atoms with E-state index >= 15 is 0 Å². The first-order valence-corrected chi connectivity index (χ1v) is 14.9. The van der Waals surface area contributed by atoms with Crippen molar-refractivity contribution in [3.63, 3.8) is 0 Å². The summed E-state index contributed by atoms with van der Waals surface area (Å²) in [6.45, 7) is 10.9. The van der Waals surface area contributed by atoms with Crippen LogP contribution in [-0.2, 0) is 4.74 Å². The van der Waals surface area contributed by atoms with Gasteiger partial charge in [0.1, 0.15) is 11.9 Å². The van der Waals surface area contributed by atoms with Gasteiger partial charge in [0, 0.05) is 48.9 Å². The van der Waals surface area contributed by atoms with Crippen LogP contribution in [0.5, 0.6) is 0 Å². The fraction of sp³-hybridized carbons (Fsp3) is 0.531. The Morgan fingerprint density at radius 2 is 1.80 bits per heavy atom. The Balaban J connectivity index is 1.31. The van der Waals surface area contributed by atoms with Crippen LogP contribution in [0.4, 0.5) is 9.18 Å². The Morgan fingerprint density at radius 3 is 2.46 bits per heavy atom. The highest BCUT2D eigenvalue weighted by molar-refractivity contribution is 5.99. The van der Waals surface area contributed by atoms with E-state index in [0.717, 1.165) is 62.6 Å². The van der Waals surface area contributed by atoms with Crippen molar-refractivity contribution in [2.24, 2.45) is 11.7 Å². The van der Waals surface area contributed by atoms with Crippen LogP contribution in [0.15, 0.2) is 42.9 Å². The molecule has 1 saturated carbocycles. The molecule has 0 unspecified atom stereocenters. The molecule has 8 nitrogen and oxygen atoms in total. The zero-order chi connectivity index (χ0) is 29.3. The Morgan fingerprint density at radius 1 is 1.10 bits per heavy atom. The van der Waals surface area contributed by atoms with Gasteiger partial charge >= 0.3 is 6.09 Å². The minimum Gasteiger partial charge on any atom is -0.446 e. The number of fused-ring (bicyclic) bond motifs is 1. The molecule has 0 spiro atoms. The van der Waals surface area contributed by atoms with Gasteiger partial charge in [0.2, 0.25) is 0 Å². The molecule has 1 saturated heterocycles. The molecule has 0 atom stereocenters. The third-order valence-corrected chi connectivity index (χ3v) is 8.76. The second kappa shape index (κ2) is 12.2. The van der Waals surface area contributed by atoms with Crippen molar-refractivity contribution in [3.05, 3.63) is 59.8 Å². The van der Waals surface area contributed by atoms with Gasteiger partial charge < -0.3 is 24.8 Å². The van der Waals surface area contributed by atoms with E-state index in [4.69, 9.17) is 10.5 Å². The molecule has 220 valence electrons. The van der Waals surface area contributed by atoms with Gasteiger partial charge in [-0.05, 0) is 102 Å². The zero-order valence-electron chi connectivity index (χ0n) is 24.6. The number of amides is 2. The van der Waals surface area contributed by atoms with Crippen molar-refractivity contribution in [2.45, 2.75) is 83.9 Å². The number of aromatic nitrogens is 2. The fourth-order valence-electron chi connectivity index (χ4n) is 6.74. The smallest absolute Gasteiger partial charge is 0.404 e. The normalized spacial score (nSPS) is 20.0. The number of primary amides is 1. The summed E-state index contributed by atoms with van der Waals surface area (Å²) >= 11 is 0. The summed E-state index contributed by atoms with van der Waals surface area (Å²) in [5.41, 5.74) is 8.33. The topological polar surface area (TPSA) is 93.7 Å². The van der Waals surface area contributed by atoms with E-state index in [1.165, 1.54) is 17.7 Å². The third-order valence-electron chi connectivity index (χ3n) is 8.76. The molecule has 5 rings (SSSR count). The number of ether oxygens (including phenoxy) is 1. The molecule has 1 aliphatic heterocycles. The molecule has 2 fully saturated rings. The number of hydrogen-bond acceptors (Lipinski definition) is 5. The Labute approximate surface area is 241 Å². The molecule has 9 heteroatoms. The lowest BCUT2D eigenvalue weighted by atomic mass is 9.84. The average Bonchev–Trinajstić information content (AvgIpc) is 3.27. The van der Waals surface area contributed by atoms with Gasteiger partial charge in [-0.25, -0.2) is 9.18 Å². The van der Waals surface area contributed by atoms with Crippen molar-refractivity contribution < 1.29 is 18.7 Å². The third kappa shape index (κ3) is 6.25. The van der Waals surface area contributed by atoms with Crippen LogP contribution in [0.3, 0.4) is 0 Å². The van der Waals surface area contributed by atoms with E-state index < -0.39 is 11.9 Å². The lowest BCUT2D eigenvalue weighted by Crippen LogP contribution is -2.45. The number of likely N-dealkylation sites (tertiary alicyclic amines) is 1. The van der Waals surface area contributed by atoms with Gasteiger partial charge in [-0.15, -0.1) is 0 Å². The second-order valence-electron chi connectivity index (χ2n) is 12.2. The molecule has 1 aliphatic carbocycles. The summed E-state index contributed by atoms with van der Waals surface area (Å²) < 4.78 is 21.7. The molecular formula is C32H42FN5O3. The van der Waals surface area contributed by atoms with Crippen molar-refractivity contribution >= 4 is 22.9 Å². The molecule has 2 N–H and O–H groups in total. The largest absolute Gasteiger partial charge is 0.446 e. The molecular weight excluding hydrogens is 521 g/mol. The highest BCUT2D eigenvalue weighted by atomic mass is 19.1. The summed E-state index contributed by atoms with van der Waals surface area (Å²) in [5.74, 6) is 0.424. The van der Waals surface area contributed by atoms with Gasteiger partial charge in [-0.2, -0.15) is 0 Å². The maximum absolute atomic E-state index is 14.5. The SMILES string of the molecule is CC(C)N(C(=O)c1cc(F)ccc1-n1cc(C2CN(CCC3CCC(OC(N)=O)CC3)C2)c2ccncc21)C(C)C. The number of pyridine rings is 1.